The smallest absolute Gasteiger partial charge is 0.274 e. The van der Waals surface area contributed by atoms with Crippen molar-refractivity contribution in [2.24, 2.45) is 5.92 Å². The molecule has 0 unspecified atom stereocenters. The van der Waals surface area contributed by atoms with Gasteiger partial charge in [0.2, 0.25) is 5.91 Å². The number of hydrogen-bond acceptors (Lipinski definition) is 4. The van der Waals surface area contributed by atoms with Crippen LogP contribution < -0.4 is 0 Å². The van der Waals surface area contributed by atoms with E-state index in [0.29, 0.717) is 31.1 Å². The van der Waals surface area contributed by atoms with E-state index < -0.39 is 0 Å². The van der Waals surface area contributed by atoms with E-state index in [4.69, 9.17) is 0 Å². The number of rotatable bonds is 9. The Hall–Kier alpha value is -2.76. The number of hydrogen-bond donors (Lipinski definition) is 0. The van der Waals surface area contributed by atoms with E-state index in [1.54, 1.807) is 11.1 Å². The molecule has 0 bridgehead atoms. The largest absolute Gasteiger partial charge is 0.343 e. The molecular weight excluding hydrogens is 376 g/mol. The second-order valence-corrected chi connectivity index (χ2v) is 8.00. The zero-order valence-electron chi connectivity index (χ0n) is 17.9. The molecule has 0 N–H and O–H groups in total. The van der Waals surface area contributed by atoms with Gasteiger partial charge in [0.05, 0.1) is 6.20 Å². The third-order valence-electron chi connectivity index (χ3n) is 5.78. The fourth-order valence-electron chi connectivity index (χ4n) is 3.96. The molecule has 2 amide bonds. The molecular formula is C24H32N4O2. The van der Waals surface area contributed by atoms with Gasteiger partial charge in [-0.3, -0.25) is 14.6 Å². The van der Waals surface area contributed by atoms with Crippen LogP contribution in [-0.4, -0.2) is 57.8 Å². The summed E-state index contributed by atoms with van der Waals surface area (Å²) >= 11 is 0. The first-order valence-electron chi connectivity index (χ1n) is 11.0. The molecule has 2 heterocycles. The molecule has 1 saturated heterocycles. The highest BCUT2D eigenvalue weighted by molar-refractivity contribution is 5.92. The Morgan fingerprint density at radius 3 is 2.53 bits per heavy atom. The number of unbranched alkanes of at least 4 members (excludes halogenated alkanes) is 1. The van der Waals surface area contributed by atoms with Crippen molar-refractivity contribution >= 4 is 11.8 Å². The lowest BCUT2D eigenvalue weighted by atomic mass is 9.90. The van der Waals surface area contributed by atoms with Gasteiger partial charge in [-0.15, -0.1) is 0 Å². The summed E-state index contributed by atoms with van der Waals surface area (Å²) in [6.07, 6.45) is 9.99. The maximum absolute atomic E-state index is 12.8. The molecule has 0 spiro atoms. The molecule has 1 aliphatic rings. The van der Waals surface area contributed by atoms with E-state index in [1.165, 1.54) is 18.0 Å². The summed E-state index contributed by atoms with van der Waals surface area (Å²) in [5.74, 6) is 0.628. The maximum Gasteiger partial charge on any atom is 0.274 e. The monoisotopic (exact) mass is 408 g/mol. The van der Waals surface area contributed by atoms with Crippen LogP contribution in [0.25, 0.3) is 0 Å². The van der Waals surface area contributed by atoms with Gasteiger partial charge in [-0.05, 0) is 37.2 Å². The zero-order chi connectivity index (χ0) is 21.2. The van der Waals surface area contributed by atoms with Crippen molar-refractivity contribution in [2.75, 3.05) is 26.2 Å². The number of piperidine rings is 1. The number of nitrogens with zero attached hydrogens (tertiary/aromatic N) is 4. The zero-order valence-corrected chi connectivity index (χ0v) is 17.9. The fourth-order valence-corrected chi connectivity index (χ4v) is 3.96. The normalized spacial score (nSPS) is 14.5. The van der Waals surface area contributed by atoms with Gasteiger partial charge in [-0.1, -0.05) is 43.7 Å². The van der Waals surface area contributed by atoms with Crippen LogP contribution in [0, 0.1) is 5.92 Å². The lowest BCUT2D eigenvalue weighted by Gasteiger charge is -2.33. The van der Waals surface area contributed by atoms with E-state index in [2.05, 4.69) is 41.2 Å². The number of aromatic nitrogens is 2. The van der Waals surface area contributed by atoms with Crippen LogP contribution in [0.15, 0.2) is 48.9 Å². The number of likely N-dealkylation sites (tertiary alicyclic amines) is 1. The van der Waals surface area contributed by atoms with E-state index in [1.807, 2.05) is 11.0 Å². The number of carbonyl (C=O) groups excluding carboxylic acids is 2. The average molecular weight is 409 g/mol. The summed E-state index contributed by atoms with van der Waals surface area (Å²) in [7, 11) is 0. The number of benzene rings is 1. The van der Waals surface area contributed by atoms with Gasteiger partial charge in [0.1, 0.15) is 5.69 Å². The van der Waals surface area contributed by atoms with E-state index >= 15 is 0 Å². The van der Waals surface area contributed by atoms with Crippen molar-refractivity contribution in [1.29, 1.82) is 0 Å². The average Bonchev–Trinajstić information content (AvgIpc) is 2.80. The highest BCUT2D eigenvalue weighted by Gasteiger charge is 2.24. The van der Waals surface area contributed by atoms with Gasteiger partial charge < -0.3 is 9.80 Å². The standard InChI is InChI=1S/C24H32N4O2/c1-2-3-14-28(24(30)22-19-25-12-13-26-22)17-11-23(29)27-15-9-21(10-16-27)18-20-7-5-4-6-8-20/h4-8,12-13,19,21H,2-3,9-11,14-18H2,1H3. The lowest BCUT2D eigenvalue weighted by Crippen LogP contribution is -2.41. The van der Waals surface area contributed by atoms with Gasteiger partial charge in [0, 0.05) is 45.0 Å². The topological polar surface area (TPSA) is 66.4 Å². The third kappa shape index (κ3) is 6.37. The van der Waals surface area contributed by atoms with Crippen molar-refractivity contribution in [1.82, 2.24) is 19.8 Å². The van der Waals surface area contributed by atoms with Crippen LogP contribution in [0.2, 0.25) is 0 Å². The molecule has 6 heteroatoms. The molecule has 1 fully saturated rings. The van der Waals surface area contributed by atoms with Gasteiger partial charge in [0.25, 0.3) is 5.91 Å². The molecule has 160 valence electrons. The minimum atomic E-state index is -0.147. The van der Waals surface area contributed by atoms with Crippen molar-refractivity contribution in [3.63, 3.8) is 0 Å². The maximum atomic E-state index is 12.8. The molecule has 1 aromatic heterocycles. The van der Waals surface area contributed by atoms with E-state index in [0.717, 1.165) is 45.2 Å². The SMILES string of the molecule is CCCCN(CCC(=O)N1CCC(Cc2ccccc2)CC1)C(=O)c1cnccn1. The first kappa shape index (κ1) is 21.9. The van der Waals surface area contributed by atoms with Crippen molar-refractivity contribution in [3.8, 4) is 0 Å². The Kier molecular flexibility index (Phi) is 8.36. The minimum Gasteiger partial charge on any atom is -0.343 e. The van der Waals surface area contributed by atoms with Gasteiger partial charge >= 0.3 is 0 Å². The Morgan fingerprint density at radius 2 is 1.87 bits per heavy atom. The van der Waals surface area contributed by atoms with Crippen LogP contribution in [0.1, 0.15) is 55.1 Å². The molecule has 0 radical (unpaired) electrons. The van der Waals surface area contributed by atoms with Crippen LogP contribution in [0.5, 0.6) is 0 Å². The molecule has 0 aliphatic carbocycles. The van der Waals surface area contributed by atoms with E-state index in [-0.39, 0.29) is 11.8 Å². The summed E-state index contributed by atoms with van der Waals surface area (Å²) < 4.78 is 0. The first-order valence-corrected chi connectivity index (χ1v) is 11.0. The quantitative estimate of drug-likeness (QED) is 0.636. The highest BCUT2D eigenvalue weighted by atomic mass is 16.2. The predicted molar refractivity (Wildman–Crippen MR) is 117 cm³/mol. The van der Waals surface area contributed by atoms with Crippen LogP contribution in [-0.2, 0) is 11.2 Å². The molecule has 0 atom stereocenters. The number of carbonyl (C=O) groups is 2. The van der Waals surface area contributed by atoms with E-state index in [9.17, 15) is 9.59 Å². The molecule has 1 aliphatic heterocycles. The molecule has 6 nitrogen and oxygen atoms in total. The van der Waals surface area contributed by atoms with Crippen molar-refractivity contribution < 1.29 is 9.59 Å². The fraction of sp³-hybridized carbons (Fsp3) is 0.500. The predicted octanol–water partition coefficient (Wildman–Crippen LogP) is 3.59. The second kappa shape index (κ2) is 11.4. The Morgan fingerprint density at radius 1 is 1.10 bits per heavy atom. The van der Waals surface area contributed by atoms with Gasteiger partial charge in [-0.2, -0.15) is 0 Å². The van der Waals surface area contributed by atoms with Crippen LogP contribution in [0.4, 0.5) is 0 Å². The Labute approximate surface area is 179 Å². The minimum absolute atomic E-state index is 0.140. The van der Waals surface area contributed by atoms with Crippen molar-refractivity contribution in [3.05, 3.63) is 60.2 Å². The van der Waals surface area contributed by atoms with Crippen molar-refractivity contribution in [2.45, 2.75) is 45.4 Å². The second-order valence-electron chi connectivity index (χ2n) is 8.00. The summed E-state index contributed by atoms with van der Waals surface area (Å²) in [5, 5.41) is 0. The molecule has 0 saturated carbocycles. The summed E-state index contributed by atoms with van der Waals surface area (Å²) in [6, 6.07) is 10.6. The molecule has 30 heavy (non-hydrogen) atoms. The van der Waals surface area contributed by atoms with Crippen LogP contribution >= 0.6 is 0 Å². The molecule has 1 aromatic carbocycles. The third-order valence-corrected chi connectivity index (χ3v) is 5.78. The van der Waals surface area contributed by atoms with Crippen LogP contribution in [0.3, 0.4) is 0 Å². The van der Waals surface area contributed by atoms with Gasteiger partial charge in [-0.25, -0.2) is 4.98 Å². The molecule has 3 rings (SSSR count). The summed E-state index contributed by atoms with van der Waals surface area (Å²) in [6.45, 7) is 4.78. The van der Waals surface area contributed by atoms with Gasteiger partial charge in [0.15, 0.2) is 0 Å². The lowest BCUT2D eigenvalue weighted by molar-refractivity contribution is -0.132. The highest BCUT2D eigenvalue weighted by Crippen LogP contribution is 2.22. The number of amides is 2. The first-order chi connectivity index (χ1) is 14.7. The summed E-state index contributed by atoms with van der Waals surface area (Å²) in [4.78, 5) is 37.3. The summed E-state index contributed by atoms with van der Waals surface area (Å²) in [5.41, 5.74) is 1.71. The Balaban J connectivity index is 1.47. The Bertz CT molecular complexity index is 789. The molecule has 2 aromatic rings.